The minimum absolute atomic E-state index is 0.189. The van der Waals surface area contributed by atoms with E-state index in [0.717, 1.165) is 29.1 Å². The predicted octanol–water partition coefficient (Wildman–Crippen LogP) is 5.26. The third kappa shape index (κ3) is 4.14. The van der Waals surface area contributed by atoms with Crippen molar-refractivity contribution in [1.82, 2.24) is 0 Å². The van der Waals surface area contributed by atoms with Gasteiger partial charge in [-0.15, -0.1) is 0 Å². The van der Waals surface area contributed by atoms with Gasteiger partial charge in [0.2, 0.25) is 0 Å². The topological polar surface area (TPSA) is 66.5 Å². The number of para-hydroxylation sites is 1. The van der Waals surface area contributed by atoms with Crippen molar-refractivity contribution in [1.29, 1.82) is 0 Å². The van der Waals surface area contributed by atoms with E-state index in [9.17, 15) is 22.0 Å². The number of nitrogens with one attached hydrogen (secondary N) is 1. The molecule has 0 saturated carbocycles. The van der Waals surface area contributed by atoms with Crippen molar-refractivity contribution < 1.29 is 22.0 Å². The van der Waals surface area contributed by atoms with E-state index in [0.29, 0.717) is 11.6 Å². The molecule has 5 nitrogen and oxygen atoms in total. The van der Waals surface area contributed by atoms with E-state index in [1.807, 2.05) is 36.2 Å². The SMILES string of the molecule is CN1/C(=C/C(=O)c2ccc(NS(=O)(=O)c3ccc(F)c(F)c3)cc2)C(C)(C)c2ccccc21. The Balaban J connectivity index is 1.55. The van der Waals surface area contributed by atoms with Gasteiger partial charge in [0.15, 0.2) is 17.4 Å². The number of hydrogen-bond donors (Lipinski definition) is 1. The number of likely N-dealkylation sites (N-methyl/N-ethyl adjacent to an activating group) is 1. The molecule has 1 N–H and O–H groups in total. The molecule has 0 spiro atoms. The van der Waals surface area contributed by atoms with Crippen molar-refractivity contribution >= 4 is 27.2 Å². The first-order chi connectivity index (χ1) is 15.5. The van der Waals surface area contributed by atoms with Crippen LogP contribution in [0.5, 0.6) is 0 Å². The maximum atomic E-state index is 13.4. The molecule has 0 aliphatic carbocycles. The molecule has 0 bridgehead atoms. The lowest BCUT2D eigenvalue weighted by Crippen LogP contribution is -2.24. The van der Waals surface area contributed by atoms with Crippen molar-refractivity contribution in [2.75, 3.05) is 16.7 Å². The van der Waals surface area contributed by atoms with Gasteiger partial charge in [-0.1, -0.05) is 32.0 Å². The summed E-state index contributed by atoms with van der Waals surface area (Å²) in [5.74, 6) is -2.60. The molecule has 3 aromatic carbocycles. The first kappa shape index (κ1) is 22.7. The van der Waals surface area contributed by atoms with Crippen LogP contribution in [0.25, 0.3) is 0 Å². The molecule has 1 aliphatic heterocycles. The van der Waals surface area contributed by atoms with Crippen LogP contribution in [0.4, 0.5) is 20.2 Å². The fourth-order valence-electron chi connectivity index (χ4n) is 4.03. The average molecular weight is 469 g/mol. The summed E-state index contributed by atoms with van der Waals surface area (Å²) in [6.45, 7) is 4.12. The normalized spacial score (nSPS) is 16.0. The molecule has 0 saturated heterocycles. The second-order valence-electron chi connectivity index (χ2n) is 8.35. The lowest BCUT2D eigenvalue weighted by molar-refractivity contribution is 0.104. The minimum atomic E-state index is -4.12. The van der Waals surface area contributed by atoms with Gasteiger partial charge in [-0.25, -0.2) is 17.2 Å². The number of halogens is 2. The fraction of sp³-hybridized carbons (Fsp3) is 0.160. The predicted molar refractivity (Wildman–Crippen MR) is 124 cm³/mol. The Morgan fingerprint density at radius 3 is 2.27 bits per heavy atom. The number of carbonyl (C=O) groups excluding carboxylic acids is 1. The number of rotatable bonds is 5. The van der Waals surface area contributed by atoms with Crippen molar-refractivity contribution in [3.63, 3.8) is 0 Å². The number of fused-ring (bicyclic) bond motifs is 1. The van der Waals surface area contributed by atoms with Gasteiger partial charge in [0.25, 0.3) is 10.0 Å². The average Bonchev–Trinajstić information content (AvgIpc) is 2.96. The Morgan fingerprint density at radius 2 is 1.64 bits per heavy atom. The summed E-state index contributed by atoms with van der Waals surface area (Å²) in [5, 5.41) is 0. The standard InChI is InChI=1S/C25H22F2N2O3S/c1-25(2)19-6-4-5-7-22(19)29(3)24(25)15-23(30)16-8-10-17(11-9-16)28-33(31,32)18-12-13-20(26)21(27)14-18/h4-15,28H,1-3H3/b24-15+. The van der Waals surface area contributed by atoms with Gasteiger partial charge >= 0.3 is 0 Å². The highest BCUT2D eigenvalue weighted by molar-refractivity contribution is 7.92. The van der Waals surface area contributed by atoms with Crippen LogP contribution in [0.3, 0.4) is 0 Å². The summed E-state index contributed by atoms with van der Waals surface area (Å²) in [5.41, 5.74) is 3.27. The largest absolute Gasteiger partial charge is 0.347 e. The number of nitrogens with zero attached hydrogens (tertiary/aromatic N) is 1. The molecular weight excluding hydrogens is 446 g/mol. The second-order valence-corrected chi connectivity index (χ2v) is 10.0. The molecule has 0 amide bonds. The smallest absolute Gasteiger partial charge is 0.261 e. The second kappa shape index (κ2) is 8.12. The zero-order chi connectivity index (χ0) is 24.0. The molecule has 0 fully saturated rings. The minimum Gasteiger partial charge on any atom is -0.347 e. The Kier molecular flexibility index (Phi) is 5.57. The molecule has 1 heterocycles. The number of benzene rings is 3. The van der Waals surface area contributed by atoms with Crippen LogP contribution in [0, 0.1) is 11.6 Å². The Morgan fingerprint density at radius 1 is 0.970 bits per heavy atom. The highest BCUT2D eigenvalue weighted by Crippen LogP contribution is 2.46. The quantitative estimate of drug-likeness (QED) is 0.410. The summed E-state index contributed by atoms with van der Waals surface area (Å²) in [4.78, 5) is 14.5. The number of ketones is 1. The summed E-state index contributed by atoms with van der Waals surface area (Å²) in [7, 11) is -2.20. The molecule has 8 heteroatoms. The van der Waals surface area contributed by atoms with Crippen molar-refractivity contribution in [3.05, 3.63) is 101 Å². The van der Waals surface area contributed by atoms with Crippen molar-refractivity contribution in [3.8, 4) is 0 Å². The zero-order valence-corrected chi connectivity index (χ0v) is 19.1. The highest BCUT2D eigenvalue weighted by atomic mass is 32.2. The summed E-state index contributed by atoms with van der Waals surface area (Å²) in [6, 6.07) is 16.2. The van der Waals surface area contributed by atoms with Crippen molar-refractivity contribution in [2.45, 2.75) is 24.2 Å². The van der Waals surface area contributed by atoms with Crippen LogP contribution in [-0.4, -0.2) is 21.2 Å². The van der Waals surface area contributed by atoms with Crippen LogP contribution in [0.1, 0.15) is 29.8 Å². The zero-order valence-electron chi connectivity index (χ0n) is 18.3. The van der Waals surface area contributed by atoms with E-state index >= 15 is 0 Å². The Hall–Kier alpha value is -3.52. The van der Waals surface area contributed by atoms with Gasteiger partial charge in [-0.3, -0.25) is 9.52 Å². The van der Waals surface area contributed by atoms with E-state index in [1.165, 1.54) is 24.3 Å². The molecule has 1 aliphatic rings. The van der Waals surface area contributed by atoms with Gasteiger partial charge in [0.1, 0.15) is 0 Å². The van der Waals surface area contributed by atoms with E-state index < -0.39 is 26.6 Å². The van der Waals surface area contributed by atoms with E-state index in [-0.39, 0.29) is 16.9 Å². The van der Waals surface area contributed by atoms with Crippen LogP contribution in [0.2, 0.25) is 0 Å². The number of carbonyl (C=O) groups is 1. The van der Waals surface area contributed by atoms with Crippen molar-refractivity contribution in [2.24, 2.45) is 0 Å². The number of sulfonamides is 1. The lowest BCUT2D eigenvalue weighted by Gasteiger charge is -2.24. The first-order valence-electron chi connectivity index (χ1n) is 10.2. The monoisotopic (exact) mass is 468 g/mol. The Labute approximate surface area is 191 Å². The lowest BCUT2D eigenvalue weighted by atomic mass is 9.83. The molecule has 0 atom stereocenters. The number of allylic oxidation sites excluding steroid dienone is 2. The Bertz CT molecular complexity index is 1380. The fourth-order valence-corrected chi connectivity index (χ4v) is 5.10. The summed E-state index contributed by atoms with van der Waals surface area (Å²) in [6.07, 6.45) is 1.60. The van der Waals surface area contributed by atoms with Gasteiger partial charge < -0.3 is 4.90 Å². The molecule has 4 rings (SSSR count). The molecule has 0 unspecified atom stereocenters. The molecule has 0 aromatic heterocycles. The number of anilines is 2. The van der Waals surface area contributed by atoms with Crippen LogP contribution in [-0.2, 0) is 15.4 Å². The van der Waals surface area contributed by atoms with E-state index in [2.05, 4.69) is 18.6 Å². The molecule has 170 valence electrons. The van der Waals surface area contributed by atoms with Gasteiger partial charge in [-0.05, 0) is 54.1 Å². The highest BCUT2D eigenvalue weighted by Gasteiger charge is 2.38. The van der Waals surface area contributed by atoms with Gasteiger partial charge in [-0.2, -0.15) is 0 Å². The third-order valence-corrected chi connectivity index (χ3v) is 7.21. The molecular formula is C25H22F2N2O3S. The van der Waals surface area contributed by atoms with Crippen LogP contribution in [0.15, 0.2) is 83.4 Å². The summed E-state index contributed by atoms with van der Waals surface area (Å²) >= 11 is 0. The summed E-state index contributed by atoms with van der Waals surface area (Å²) < 4.78 is 53.7. The van der Waals surface area contributed by atoms with E-state index in [1.54, 1.807) is 6.08 Å². The first-order valence-corrected chi connectivity index (χ1v) is 11.7. The van der Waals surface area contributed by atoms with Crippen LogP contribution >= 0.6 is 0 Å². The van der Waals surface area contributed by atoms with E-state index in [4.69, 9.17) is 0 Å². The molecule has 3 aromatic rings. The van der Waals surface area contributed by atoms with Gasteiger partial charge in [0, 0.05) is 41.2 Å². The number of hydrogen-bond acceptors (Lipinski definition) is 4. The molecule has 0 radical (unpaired) electrons. The maximum absolute atomic E-state index is 13.4. The van der Waals surface area contributed by atoms with Crippen LogP contribution < -0.4 is 9.62 Å². The third-order valence-electron chi connectivity index (χ3n) is 5.83. The van der Waals surface area contributed by atoms with Gasteiger partial charge in [0.05, 0.1) is 4.90 Å². The molecule has 33 heavy (non-hydrogen) atoms. The maximum Gasteiger partial charge on any atom is 0.261 e.